The van der Waals surface area contributed by atoms with E-state index in [4.69, 9.17) is 0 Å². The van der Waals surface area contributed by atoms with Crippen molar-refractivity contribution in [1.82, 2.24) is 9.97 Å². The Morgan fingerprint density at radius 1 is 1.22 bits per heavy atom. The monoisotopic (exact) mass is 242 g/mol. The second-order valence-electron chi connectivity index (χ2n) is 4.42. The van der Waals surface area contributed by atoms with E-state index in [0.717, 1.165) is 18.1 Å². The van der Waals surface area contributed by atoms with Gasteiger partial charge in [-0.2, -0.15) is 0 Å². The molecule has 94 valence electrons. The molecule has 1 N–H and O–H groups in total. The summed E-state index contributed by atoms with van der Waals surface area (Å²) in [6.45, 7) is 2.85. The number of rotatable bonds is 4. The van der Waals surface area contributed by atoms with Gasteiger partial charge in [0.05, 0.1) is 5.69 Å². The van der Waals surface area contributed by atoms with Gasteiger partial charge in [-0.25, -0.2) is 4.98 Å². The van der Waals surface area contributed by atoms with Gasteiger partial charge in [-0.15, -0.1) is 0 Å². The van der Waals surface area contributed by atoms with Crippen molar-refractivity contribution >= 4 is 11.5 Å². The van der Waals surface area contributed by atoms with Gasteiger partial charge in [0.1, 0.15) is 0 Å². The topological polar surface area (TPSA) is 41.1 Å². The van der Waals surface area contributed by atoms with Gasteiger partial charge in [0, 0.05) is 39.2 Å². The highest BCUT2D eigenvalue weighted by Crippen LogP contribution is 2.21. The van der Waals surface area contributed by atoms with Crippen LogP contribution in [0.5, 0.6) is 0 Å². The first kappa shape index (κ1) is 12.4. The zero-order chi connectivity index (χ0) is 13.0. The molecule has 0 aliphatic carbocycles. The van der Waals surface area contributed by atoms with Gasteiger partial charge < -0.3 is 10.2 Å². The van der Waals surface area contributed by atoms with E-state index in [1.54, 1.807) is 6.20 Å². The van der Waals surface area contributed by atoms with E-state index in [0.29, 0.717) is 0 Å². The number of pyridine rings is 2. The predicted molar refractivity (Wildman–Crippen MR) is 74.9 cm³/mol. The second-order valence-corrected chi connectivity index (χ2v) is 4.42. The first-order chi connectivity index (χ1) is 8.68. The number of anilines is 2. The zero-order valence-corrected chi connectivity index (χ0v) is 11.0. The molecule has 0 atom stereocenters. The smallest absolute Gasteiger partial charge is 0.151 e. The minimum absolute atomic E-state index is 0.756. The Bertz CT molecular complexity index is 523. The summed E-state index contributed by atoms with van der Waals surface area (Å²) >= 11 is 0. The van der Waals surface area contributed by atoms with Crippen LogP contribution in [0.15, 0.2) is 36.8 Å². The number of aryl methyl sites for hydroxylation is 1. The molecule has 4 heteroatoms. The first-order valence-corrected chi connectivity index (χ1v) is 5.94. The highest BCUT2D eigenvalue weighted by Gasteiger charge is 2.05. The maximum Gasteiger partial charge on any atom is 0.151 e. The lowest BCUT2D eigenvalue weighted by Crippen LogP contribution is -2.14. The Balaban J connectivity index is 2.14. The fourth-order valence-corrected chi connectivity index (χ4v) is 1.76. The van der Waals surface area contributed by atoms with Crippen molar-refractivity contribution in [2.24, 2.45) is 0 Å². The third-order valence-electron chi connectivity index (χ3n) is 2.83. The van der Waals surface area contributed by atoms with Crippen LogP contribution in [0, 0.1) is 6.92 Å². The van der Waals surface area contributed by atoms with Crippen molar-refractivity contribution in [2.75, 3.05) is 24.3 Å². The van der Waals surface area contributed by atoms with Gasteiger partial charge in [-0.3, -0.25) is 4.98 Å². The van der Waals surface area contributed by atoms with Crippen LogP contribution in [0.3, 0.4) is 0 Å². The Hall–Kier alpha value is -2.10. The molecule has 2 rings (SSSR count). The van der Waals surface area contributed by atoms with Crippen LogP contribution in [0.4, 0.5) is 11.5 Å². The molecule has 0 amide bonds. The van der Waals surface area contributed by atoms with Crippen LogP contribution in [0.2, 0.25) is 0 Å². The van der Waals surface area contributed by atoms with Crippen molar-refractivity contribution in [1.29, 1.82) is 0 Å². The lowest BCUT2D eigenvalue weighted by molar-refractivity contribution is 1.04. The van der Waals surface area contributed by atoms with Crippen molar-refractivity contribution < 1.29 is 0 Å². The summed E-state index contributed by atoms with van der Waals surface area (Å²) in [7, 11) is 3.98. The fourth-order valence-electron chi connectivity index (χ4n) is 1.76. The summed E-state index contributed by atoms with van der Waals surface area (Å²) in [4.78, 5) is 10.5. The third-order valence-corrected chi connectivity index (χ3v) is 2.83. The van der Waals surface area contributed by atoms with Crippen LogP contribution in [0.25, 0.3) is 0 Å². The van der Waals surface area contributed by atoms with Gasteiger partial charge in [0.25, 0.3) is 0 Å². The molecule has 0 saturated heterocycles. The number of aromatic nitrogens is 2. The second kappa shape index (κ2) is 5.49. The molecule has 4 nitrogen and oxygen atoms in total. The van der Waals surface area contributed by atoms with Crippen LogP contribution in [-0.2, 0) is 6.54 Å². The van der Waals surface area contributed by atoms with E-state index in [2.05, 4.69) is 22.2 Å². The molecule has 0 aliphatic heterocycles. The van der Waals surface area contributed by atoms with Crippen LogP contribution >= 0.6 is 0 Å². The minimum atomic E-state index is 0.756. The average molecular weight is 242 g/mol. The van der Waals surface area contributed by atoms with Gasteiger partial charge in [-0.05, 0) is 36.2 Å². The summed E-state index contributed by atoms with van der Waals surface area (Å²) in [5, 5.41) is 3.41. The molecule has 0 unspecified atom stereocenters. The van der Waals surface area contributed by atoms with Crippen LogP contribution in [0.1, 0.15) is 11.1 Å². The molecule has 0 aliphatic rings. The molecule has 0 spiro atoms. The van der Waals surface area contributed by atoms with Gasteiger partial charge >= 0.3 is 0 Å². The maximum atomic E-state index is 4.36. The maximum absolute atomic E-state index is 4.36. The van der Waals surface area contributed by atoms with Crippen molar-refractivity contribution in [3.05, 3.63) is 47.9 Å². The molecule has 2 aromatic heterocycles. The molecular weight excluding hydrogens is 224 g/mol. The Labute approximate surface area is 108 Å². The van der Waals surface area contributed by atoms with Crippen LogP contribution in [-0.4, -0.2) is 24.1 Å². The predicted octanol–water partition coefficient (Wildman–Crippen LogP) is 2.46. The Morgan fingerprint density at radius 3 is 2.78 bits per heavy atom. The molecule has 0 saturated carbocycles. The highest BCUT2D eigenvalue weighted by molar-refractivity contribution is 5.64. The minimum Gasteiger partial charge on any atom is -0.378 e. The third kappa shape index (κ3) is 2.77. The molecule has 0 radical (unpaired) electrons. The average Bonchev–Trinajstić information content (AvgIpc) is 2.38. The SMILES string of the molecule is Cc1ccncc1CNc1cccnc1N(C)C. The standard InChI is InChI=1S/C14H18N4/c1-11-6-8-15-9-12(11)10-17-13-5-4-7-16-14(13)18(2)3/h4-9,17H,10H2,1-3H3. The molecule has 0 fully saturated rings. The normalized spacial score (nSPS) is 10.2. The van der Waals surface area contributed by atoms with E-state index in [1.807, 2.05) is 49.6 Å². The molecule has 0 bridgehead atoms. The lowest BCUT2D eigenvalue weighted by atomic mass is 10.1. The first-order valence-electron chi connectivity index (χ1n) is 5.94. The molecule has 18 heavy (non-hydrogen) atoms. The number of hydrogen-bond acceptors (Lipinski definition) is 4. The summed E-state index contributed by atoms with van der Waals surface area (Å²) in [6.07, 6.45) is 5.51. The number of nitrogens with one attached hydrogen (secondary N) is 1. The molecule has 2 aromatic rings. The lowest BCUT2D eigenvalue weighted by Gasteiger charge is -2.17. The van der Waals surface area contributed by atoms with E-state index >= 15 is 0 Å². The van der Waals surface area contributed by atoms with Crippen LogP contribution < -0.4 is 10.2 Å². The van der Waals surface area contributed by atoms with Crippen molar-refractivity contribution in [2.45, 2.75) is 13.5 Å². The van der Waals surface area contributed by atoms with E-state index in [1.165, 1.54) is 11.1 Å². The summed E-state index contributed by atoms with van der Waals surface area (Å²) in [5.74, 6) is 0.944. The molecule has 0 aromatic carbocycles. The van der Waals surface area contributed by atoms with Gasteiger partial charge in [0.2, 0.25) is 0 Å². The van der Waals surface area contributed by atoms with Crippen molar-refractivity contribution in [3.63, 3.8) is 0 Å². The van der Waals surface area contributed by atoms with E-state index in [-0.39, 0.29) is 0 Å². The van der Waals surface area contributed by atoms with Gasteiger partial charge in [0.15, 0.2) is 5.82 Å². The Morgan fingerprint density at radius 2 is 2.06 bits per heavy atom. The largest absolute Gasteiger partial charge is 0.378 e. The van der Waals surface area contributed by atoms with Gasteiger partial charge in [-0.1, -0.05) is 0 Å². The summed E-state index contributed by atoms with van der Waals surface area (Å²) < 4.78 is 0. The fraction of sp³-hybridized carbons (Fsp3) is 0.286. The molecule has 2 heterocycles. The van der Waals surface area contributed by atoms with E-state index < -0.39 is 0 Å². The van der Waals surface area contributed by atoms with Crippen molar-refractivity contribution in [3.8, 4) is 0 Å². The zero-order valence-electron chi connectivity index (χ0n) is 11.0. The summed E-state index contributed by atoms with van der Waals surface area (Å²) in [6, 6.07) is 5.99. The Kier molecular flexibility index (Phi) is 3.77. The number of hydrogen-bond donors (Lipinski definition) is 1. The quantitative estimate of drug-likeness (QED) is 0.894. The highest BCUT2D eigenvalue weighted by atomic mass is 15.2. The summed E-state index contributed by atoms with van der Waals surface area (Å²) in [5.41, 5.74) is 3.48. The molecular formula is C14H18N4. The van der Waals surface area contributed by atoms with E-state index in [9.17, 15) is 0 Å². The number of nitrogens with zero attached hydrogens (tertiary/aromatic N) is 3.